The molecule has 12 heteroatoms. The maximum atomic E-state index is 12.1. The van der Waals surface area contributed by atoms with E-state index in [0.29, 0.717) is 29.7 Å². The molecular formula is C29H31N5O6S. The van der Waals surface area contributed by atoms with Gasteiger partial charge in [0.05, 0.1) is 23.0 Å². The minimum Gasteiger partial charge on any atom is -0.457 e. The first kappa shape index (κ1) is 28.2. The Morgan fingerprint density at radius 3 is 2.44 bits per heavy atom. The maximum absolute atomic E-state index is 12.1. The number of anilines is 1. The van der Waals surface area contributed by atoms with Crippen LogP contribution in [0.1, 0.15) is 42.5 Å². The van der Waals surface area contributed by atoms with Gasteiger partial charge in [0.1, 0.15) is 29.4 Å². The van der Waals surface area contributed by atoms with Gasteiger partial charge < -0.3 is 19.6 Å². The van der Waals surface area contributed by atoms with E-state index < -0.39 is 10.4 Å². The highest BCUT2D eigenvalue weighted by Crippen LogP contribution is 2.31. The van der Waals surface area contributed by atoms with Crippen molar-refractivity contribution >= 4 is 27.8 Å². The number of hydrogen-bond acceptors (Lipinski definition) is 9. The fraction of sp³-hybridized carbons (Fsp3) is 0.310. The first-order valence-corrected chi connectivity index (χ1v) is 14.7. The van der Waals surface area contributed by atoms with Crippen LogP contribution in [-0.2, 0) is 21.6 Å². The summed E-state index contributed by atoms with van der Waals surface area (Å²) in [4.78, 5) is 27.8. The number of carbonyl (C=O) groups is 1. The van der Waals surface area contributed by atoms with Crippen molar-refractivity contribution in [3.05, 3.63) is 84.3 Å². The Labute approximate surface area is 238 Å². The molecule has 11 nitrogen and oxygen atoms in total. The van der Waals surface area contributed by atoms with E-state index >= 15 is 0 Å². The maximum Gasteiger partial charge on any atom is 0.446 e. The summed E-state index contributed by atoms with van der Waals surface area (Å²) < 4.78 is 40.8. The van der Waals surface area contributed by atoms with Crippen LogP contribution in [0.15, 0.2) is 72.5 Å². The molecule has 3 aromatic rings. The van der Waals surface area contributed by atoms with E-state index in [0.717, 1.165) is 61.3 Å². The van der Waals surface area contributed by atoms with Gasteiger partial charge in [-0.05, 0) is 86.2 Å². The summed E-state index contributed by atoms with van der Waals surface area (Å²) in [6.45, 7) is 5.15. The number of aromatic nitrogens is 2. The van der Waals surface area contributed by atoms with Crippen LogP contribution >= 0.6 is 0 Å². The Morgan fingerprint density at radius 2 is 1.76 bits per heavy atom. The third-order valence-electron chi connectivity index (χ3n) is 7.23. The SMILES string of the molecule is C=CC(=O)N1CCCC(CCC2Cc3ncnc(N)c3C(c3ccc(Oc4ccc(OS(=O)(=O)O)cc4)cc3)=N2)C1. The van der Waals surface area contributed by atoms with Gasteiger partial charge >= 0.3 is 10.4 Å². The largest absolute Gasteiger partial charge is 0.457 e. The standard InChI is InChI=1S/C29H31N5O6S/c1-2-26(35)34-15-3-4-19(17-34)5-8-21-16-25-27(29(30)32-18-31-25)28(33-21)20-6-9-22(10-7-20)39-23-11-13-24(14-12-23)40-41(36,37)38/h2,6-7,9-14,18-19,21H,1,3-5,8,15-17H2,(H2,30,31,32)(H,36,37,38). The van der Waals surface area contributed by atoms with Crippen LogP contribution in [0.2, 0.25) is 0 Å². The van der Waals surface area contributed by atoms with Crippen LogP contribution in [0.5, 0.6) is 17.2 Å². The second-order valence-electron chi connectivity index (χ2n) is 10.1. The lowest BCUT2D eigenvalue weighted by atomic mass is 9.88. The zero-order valence-corrected chi connectivity index (χ0v) is 23.2. The number of hydrogen-bond donors (Lipinski definition) is 2. The molecule has 0 radical (unpaired) electrons. The Morgan fingerprint density at radius 1 is 1.07 bits per heavy atom. The third-order valence-corrected chi connectivity index (χ3v) is 7.64. The summed E-state index contributed by atoms with van der Waals surface area (Å²) in [5, 5.41) is 0. The second-order valence-corrected chi connectivity index (χ2v) is 11.1. The van der Waals surface area contributed by atoms with Crippen LogP contribution in [0, 0.1) is 5.92 Å². The molecule has 2 aromatic carbocycles. The van der Waals surface area contributed by atoms with Gasteiger partial charge in [0.25, 0.3) is 0 Å². The van der Waals surface area contributed by atoms with Crippen LogP contribution < -0.4 is 14.7 Å². The number of aliphatic imine (C=N–C) groups is 1. The molecule has 2 aliphatic rings. The fourth-order valence-electron chi connectivity index (χ4n) is 5.31. The number of nitrogens with zero attached hydrogens (tertiary/aromatic N) is 4. The summed E-state index contributed by atoms with van der Waals surface area (Å²) in [7, 11) is -4.60. The van der Waals surface area contributed by atoms with E-state index in [1.807, 2.05) is 17.0 Å². The molecule has 214 valence electrons. The number of piperidine rings is 1. The van der Waals surface area contributed by atoms with Crippen LogP contribution in [0.4, 0.5) is 5.82 Å². The highest BCUT2D eigenvalue weighted by molar-refractivity contribution is 7.81. The molecule has 0 aliphatic carbocycles. The van der Waals surface area contributed by atoms with Gasteiger partial charge in [0.2, 0.25) is 5.91 Å². The lowest BCUT2D eigenvalue weighted by Gasteiger charge is -2.33. The van der Waals surface area contributed by atoms with Gasteiger partial charge in [-0.15, -0.1) is 0 Å². The molecule has 2 atom stereocenters. The van der Waals surface area contributed by atoms with Crippen LogP contribution in [-0.4, -0.2) is 58.6 Å². The van der Waals surface area contributed by atoms with Crippen molar-refractivity contribution in [1.29, 1.82) is 0 Å². The number of ether oxygens (including phenoxy) is 1. The van der Waals surface area contributed by atoms with Gasteiger partial charge in [-0.25, -0.2) is 9.97 Å². The molecule has 1 saturated heterocycles. The summed E-state index contributed by atoms with van der Waals surface area (Å²) in [6, 6.07) is 13.2. The van der Waals surface area contributed by atoms with Crippen molar-refractivity contribution in [1.82, 2.24) is 14.9 Å². The molecule has 3 N–H and O–H groups in total. The topological polar surface area (TPSA) is 157 Å². The monoisotopic (exact) mass is 577 g/mol. The van der Waals surface area contributed by atoms with Gasteiger partial charge in [0.15, 0.2) is 0 Å². The van der Waals surface area contributed by atoms with Crippen molar-refractivity contribution in [3.8, 4) is 17.2 Å². The summed E-state index contributed by atoms with van der Waals surface area (Å²) in [5.74, 6) is 1.76. The number of rotatable bonds is 9. The van der Waals surface area contributed by atoms with E-state index in [4.69, 9.17) is 20.0 Å². The second kappa shape index (κ2) is 12.1. The normalized spacial score (nSPS) is 18.7. The zero-order valence-electron chi connectivity index (χ0n) is 22.3. The Bertz CT molecular complexity index is 1560. The number of fused-ring (bicyclic) bond motifs is 1. The predicted molar refractivity (Wildman–Crippen MR) is 153 cm³/mol. The molecule has 1 fully saturated rings. The minimum absolute atomic E-state index is 0.00983. The molecule has 0 bridgehead atoms. The molecule has 0 spiro atoms. The van der Waals surface area contributed by atoms with Crippen LogP contribution in [0.3, 0.4) is 0 Å². The summed E-state index contributed by atoms with van der Waals surface area (Å²) in [5.41, 5.74) is 9.47. The number of nitrogen functional groups attached to an aromatic ring is 1. The molecule has 41 heavy (non-hydrogen) atoms. The average molecular weight is 578 g/mol. The van der Waals surface area contributed by atoms with E-state index in [2.05, 4.69) is 20.7 Å². The van der Waals surface area contributed by atoms with Crippen molar-refractivity contribution in [2.24, 2.45) is 10.9 Å². The Kier molecular flexibility index (Phi) is 8.31. The first-order chi connectivity index (χ1) is 19.7. The van der Waals surface area contributed by atoms with Crippen molar-refractivity contribution < 1.29 is 26.7 Å². The van der Waals surface area contributed by atoms with Crippen LogP contribution in [0.25, 0.3) is 0 Å². The first-order valence-electron chi connectivity index (χ1n) is 13.3. The summed E-state index contributed by atoms with van der Waals surface area (Å²) in [6.07, 6.45) is 7.45. The Hall–Kier alpha value is -4.29. The molecule has 1 amide bonds. The lowest BCUT2D eigenvalue weighted by Crippen LogP contribution is -2.39. The van der Waals surface area contributed by atoms with E-state index in [9.17, 15) is 13.2 Å². The summed E-state index contributed by atoms with van der Waals surface area (Å²) >= 11 is 0. The molecule has 1 aromatic heterocycles. The molecular weight excluding hydrogens is 546 g/mol. The van der Waals surface area contributed by atoms with E-state index in [1.165, 1.54) is 36.7 Å². The van der Waals surface area contributed by atoms with Gasteiger partial charge in [-0.2, -0.15) is 8.42 Å². The third kappa shape index (κ3) is 7.08. The predicted octanol–water partition coefficient (Wildman–Crippen LogP) is 4.00. The zero-order chi connectivity index (χ0) is 29.0. The van der Waals surface area contributed by atoms with Gasteiger partial charge in [-0.1, -0.05) is 6.58 Å². The van der Waals surface area contributed by atoms with Gasteiger partial charge in [0, 0.05) is 25.1 Å². The fourth-order valence-corrected chi connectivity index (χ4v) is 5.67. The molecule has 2 unspecified atom stereocenters. The highest BCUT2D eigenvalue weighted by atomic mass is 32.3. The molecule has 5 rings (SSSR count). The lowest BCUT2D eigenvalue weighted by molar-refractivity contribution is -0.127. The molecule has 0 saturated carbocycles. The number of benzene rings is 2. The number of nitrogens with two attached hydrogens (primary N) is 1. The highest BCUT2D eigenvalue weighted by Gasteiger charge is 2.28. The molecule has 3 heterocycles. The van der Waals surface area contributed by atoms with Gasteiger partial charge in [-0.3, -0.25) is 14.3 Å². The molecule has 2 aliphatic heterocycles. The quantitative estimate of drug-likeness (QED) is 0.283. The number of likely N-dealkylation sites (tertiary alicyclic amines) is 1. The van der Waals surface area contributed by atoms with E-state index in [-0.39, 0.29) is 17.7 Å². The van der Waals surface area contributed by atoms with Crippen molar-refractivity contribution in [2.75, 3.05) is 18.8 Å². The van der Waals surface area contributed by atoms with E-state index in [1.54, 1.807) is 12.1 Å². The smallest absolute Gasteiger partial charge is 0.446 e. The van der Waals surface area contributed by atoms with Crippen molar-refractivity contribution in [3.63, 3.8) is 0 Å². The number of carbonyl (C=O) groups excluding carboxylic acids is 1. The average Bonchev–Trinajstić information content (AvgIpc) is 2.96. The number of amides is 1. The Balaban J connectivity index is 1.30. The van der Waals surface area contributed by atoms with Crippen molar-refractivity contribution in [2.45, 2.75) is 38.1 Å². The minimum atomic E-state index is -4.60.